The molecule has 0 aliphatic rings. The summed E-state index contributed by atoms with van der Waals surface area (Å²) >= 11 is 4.01. The first-order valence-electron chi connectivity index (χ1n) is 4.63. The molecule has 86 valence electrons. The molecular formula is C11H12O4S. The quantitative estimate of drug-likeness (QED) is 0.608. The van der Waals surface area contributed by atoms with Crippen LogP contribution in [0.1, 0.15) is 22.3 Å². The number of carboxylic acid groups (broad SMARTS) is 1. The Morgan fingerprint density at radius 2 is 2.00 bits per heavy atom. The van der Waals surface area contributed by atoms with Crippen LogP contribution in [0.3, 0.4) is 0 Å². The van der Waals surface area contributed by atoms with E-state index in [0.717, 1.165) is 6.07 Å². The first kappa shape index (κ1) is 12.4. The highest BCUT2D eigenvalue weighted by Crippen LogP contribution is 2.28. The highest BCUT2D eigenvalue weighted by atomic mass is 32.1. The molecule has 0 aliphatic heterocycles. The maximum Gasteiger partial charge on any atom is 0.339 e. The number of phenolic OH excluding ortho intramolecular Hbond substituents is 1. The van der Waals surface area contributed by atoms with Crippen LogP contribution in [0.25, 0.3) is 6.08 Å². The molecule has 4 nitrogen and oxygen atoms in total. The molecule has 0 spiro atoms. The van der Waals surface area contributed by atoms with Crippen molar-refractivity contribution in [3.63, 3.8) is 0 Å². The maximum absolute atomic E-state index is 10.7. The van der Waals surface area contributed by atoms with Gasteiger partial charge in [-0.2, -0.15) is 12.6 Å². The van der Waals surface area contributed by atoms with Crippen molar-refractivity contribution in [2.45, 2.75) is 6.42 Å². The van der Waals surface area contributed by atoms with Gasteiger partial charge in [0.25, 0.3) is 0 Å². The second-order valence-corrected chi connectivity index (χ2v) is 3.60. The summed E-state index contributed by atoms with van der Waals surface area (Å²) in [5.74, 6) is -1.17. The van der Waals surface area contributed by atoms with E-state index in [9.17, 15) is 15.0 Å². The number of carboxylic acids is 1. The van der Waals surface area contributed by atoms with Gasteiger partial charge in [0.2, 0.25) is 0 Å². The van der Waals surface area contributed by atoms with Gasteiger partial charge in [-0.05, 0) is 18.2 Å². The molecule has 0 radical (unpaired) electrons. The Morgan fingerprint density at radius 3 is 2.56 bits per heavy atom. The minimum atomic E-state index is -1.23. The van der Waals surface area contributed by atoms with Gasteiger partial charge in [0.15, 0.2) is 0 Å². The molecule has 0 unspecified atom stereocenters. The standard InChI is InChI=1S/C11H12O4S/c12-9-6-10(13)8(11(14)15)5-7(9)3-1-2-4-16/h1,3,5-6,12-13,16H,2,4H2,(H,14,15). The predicted octanol–water partition coefficient (Wildman–Crippen LogP) is 2.13. The number of aromatic carboxylic acids is 1. The van der Waals surface area contributed by atoms with Crippen LogP contribution in [0.5, 0.6) is 11.5 Å². The number of thiol groups is 1. The maximum atomic E-state index is 10.7. The molecule has 0 fully saturated rings. The van der Waals surface area contributed by atoms with E-state index in [1.165, 1.54) is 6.07 Å². The van der Waals surface area contributed by atoms with E-state index in [4.69, 9.17) is 5.11 Å². The fourth-order valence-corrected chi connectivity index (χ4v) is 1.33. The fourth-order valence-electron chi connectivity index (χ4n) is 1.18. The van der Waals surface area contributed by atoms with Crippen LogP contribution >= 0.6 is 12.6 Å². The lowest BCUT2D eigenvalue weighted by Crippen LogP contribution is -1.97. The second-order valence-electron chi connectivity index (χ2n) is 3.15. The largest absolute Gasteiger partial charge is 0.507 e. The number of hydrogen-bond acceptors (Lipinski definition) is 4. The van der Waals surface area contributed by atoms with E-state index in [2.05, 4.69) is 12.6 Å². The van der Waals surface area contributed by atoms with Crippen LogP contribution in [-0.2, 0) is 0 Å². The van der Waals surface area contributed by atoms with Gasteiger partial charge in [-0.1, -0.05) is 12.2 Å². The Labute approximate surface area is 98.3 Å². The zero-order valence-electron chi connectivity index (χ0n) is 8.42. The zero-order valence-corrected chi connectivity index (χ0v) is 9.32. The molecule has 0 aliphatic carbocycles. The molecule has 0 atom stereocenters. The Kier molecular flexibility index (Phi) is 4.25. The van der Waals surface area contributed by atoms with Gasteiger partial charge in [0, 0.05) is 11.6 Å². The smallest absolute Gasteiger partial charge is 0.339 e. The number of hydrogen-bond donors (Lipinski definition) is 4. The molecule has 0 saturated heterocycles. The third-order valence-electron chi connectivity index (χ3n) is 1.97. The van der Waals surface area contributed by atoms with E-state index in [1.807, 2.05) is 0 Å². The number of rotatable bonds is 4. The van der Waals surface area contributed by atoms with Crippen molar-refractivity contribution in [1.82, 2.24) is 0 Å². The summed E-state index contributed by atoms with van der Waals surface area (Å²) in [6.07, 6.45) is 4.08. The number of carbonyl (C=O) groups is 1. The molecule has 0 amide bonds. The van der Waals surface area contributed by atoms with Crippen molar-refractivity contribution in [2.75, 3.05) is 5.75 Å². The molecule has 0 saturated carbocycles. The van der Waals surface area contributed by atoms with Crippen LogP contribution in [0, 0.1) is 0 Å². The van der Waals surface area contributed by atoms with Crippen LogP contribution in [-0.4, -0.2) is 27.0 Å². The van der Waals surface area contributed by atoms with Crippen molar-refractivity contribution in [1.29, 1.82) is 0 Å². The third-order valence-corrected chi connectivity index (χ3v) is 2.23. The topological polar surface area (TPSA) is 77.8 Å². The van der Waals surface area contributed by atoms with Crippen molar-refractivity contribution < 1.29 is 20.1 Å². The molecule has 5 heteroatoms. The Morgan fingerprint density at radius 1 is 1.31 bits per heavy atom. The molecular weight excluding hydrogens is 228 g/mol. The van der Waals surface area contributed by atoms with Crippen LogP contribution in [0.15, 0.2) is 18.2 Å². The Hall–Kier alpha value is -1.62. The number of benzene rings is 1. The minimum absolute atomic E-state index is 0.155. The van der Waals surface area contributed by atoms with Crippen molar-refractivity contribution >= 4 is 24.7 Å². The van der Waals surface area contributed by atoms with Gasteiger partial charge < -0.3 is 15.3 Å². The molecule has 16 heavy (non-hydrogen) atoms. The van der Waals surface area contributed by atoms with Gasteiger partial charge in [-0.3, -0.25) is 0 Å². The molecule has 0 bridgehead atoms. The lowest BCUT2D eigenvalue weighted by Gasteiger charge is -2.04. The molecule has 1 aromatic carbocycles. The first-order valence-corrected chi connectivity index (χ1v) is 5.26. The van der Waals surface area contributed by atoms with Gasteiger partial charge in [-0.15, -0.1) is 0 Å². The highest BCUT2D eigenvalue weighted by molar-refractivity contribution is 7.80. The van der Waals surface area contributed by atoms with Crippen molar-refractivity contribution in [3.8, 4) is 11.5 Å². The molecule has 1 aromatic rings. The number of phenols is 2. The summed E-state index contributed by atoms with van der Waals surface area (Å²) in [5.41, 5.74) is 0.125. The Bertz CT molecular complexity index is 426. The predicted molar refractivity (Wildman–Crippen MR) is 64.2 cm³/mol. The number of allylic oxidation sites excluding steroid dienone is 1. The molecule has 1 rings (SSSR count). The van der Waals surface area contributed by atoms with Gasteiger partial charge >= 0.3 is 5.97 Å². The van der Waals surface area contributed by atoms with E-state index < -0.39 is 11.7 Å². The van der Waals surface area contributed by atoms with E-state index in [1.54, 1.807) is 12.2 Å². The minimum Gasteiger partial charge on any atom is -0.507 e. The van der Waals surface area contributed by atoms with Crippen LogP contribution < -0.4 is 0 Å². The molecule has 0 heterocycles. The summed E-state index contributed by atoms with van der Waals surface area (Å²) in [6, 6.07) is 2.24. The summed E-state index contributed by atoms with van der Waals surface area (Å²) in [7, 11) is 0. The van der Waals surface area contributed by atoms with Gasteiger partial charge in [-0.25, -0.2) is 4.79 Å². The molecule has 3 N–H and O–H groups in total. The zero-order chi connectivity index (χ0) is 12.1. The normalized spacial score (nSPS) is 10.8. The van der Waals surface area contributed by atoms with E-state index in [0.29, 0.717) is 17.7 Å². The van der Waals surface area contributed by atoms with Crippen LogP contribution in [0.4, 0.5) is 0 Å². The average Bonchev–Trinajstić information content (AvgIpc) is 2.21. The lowest BCUT2D eigenvalue weighted by molar-refractivity contribution is 0.0693. The van der Waals surface area contributed by atoms with E-state index >= 15 is 0 Å². The monoisotopic (exact) mass is 240 g/mol. The summed E-state index contributed by atoms with van der Waals surface area (Å²) in [5, 5.41) is 27.5. The highest BCUT2D eigenvalue weighted by Gasteiger charge is 2.12. The molecule has 0 aromatic heterocycles. The Balaban J connectivity index is 3.09. The van der Waals surface area contributed by atoms with Crippen molar-refractivity contribution in [3.05, 3.63) is 29.3 Å². The van der Waals surface area contributed by atoms with Gasteiger partial charge in [0.05, 0.1) is 0 Å². The van der Waals surface area contributed by atoms with Crippen LogP contribution in [0.2, 0.25) is 0 Å². The fraction of sp³-hybridized carbons (Fsp3) is 0.182. The summed E-state index contributed by atoms with van der Waals surface area (Å²) < 4.78 is 0. The average molecular weight is 240 g/mol. The number of aromatic hydroxyl groups is 2. The summed E-state index contributed by atoms with van der Waals surface area (Å²) in [6.45, 7) is 0. The SMILES string of the molecule is O=C(O)c1cc(C=CCCS)c(O)cc1O. The summed E-state index contributed by atoms with van der Waals surface area (Å²) in [4.78, 5) is 10.7. The lowest BCUT2D eigenvalue weighted by atomic mass is 10.1. The second kappa shape index (κ2) is 5.46. The third kappa shape index (κ3) is 2.93. The van der Waals surface area contributed by atoms with Gasteiger partial charge in [0.1, 0.15) is 17.1 Å². The van der Waals surface area contributed by atoms with E-state index in [-0.39, 0.29) is 11.3 Å². The first-order chi connectivity index (χ1) is 7.56. The van der Waals surface area contributed by atoms with Crippen molar-refractivity contribution in [2.24, 2.45) is 0 Å².